The van der Waals surface area contributed by atoms with Crippen LogP contribution in [0, 0.1) is 0 Å². The molecule has 1 atom stereocenters. The summed E-state index contributed by atoms with van der Waals surface area (Å²) in [4.78, 5) is 16.1. The van der Waals surface area contributed by atoms with Crippen LogP contribution in [0.5, 0.6) is 0 Å². The van der Waals surface area contributed by atoms with Crippen LogP contribution in [0.1, 0.15) is 31.9 Å². The van der Waals surface area contributed by atoms with Crippen LogP contribution < -0.4 is 11.1 Å². The third kappa shape index (κ3) is 3.20. The van der Waals surface area contributed by atoms with Crippen molar-refractivity contribution in [3.05, 3.63) is 11.1 Å². The van der Waals surface area contributed by atoms with Gasteiger partial charge in [0.25, 0.3) is 5.91 Å². The minimum Gasteiger partial charge on any atom is -0.375 e. The maximum absolute atomic E-state index is 11.9. The average Bonchev–Trinajstić information content (AvgIpc) is 2.94. The van der Waals surface area contributed by atoms with Crippen molar-refractivity contribution in [3.8, 4) is 0 Å². The lowest BCUT2D eigenvalue weighted by atomic mass is 10.0. The minimum absolute atomic E-state index is 0.00204. The number of ether oxygens (including phenoxy) is 1. The van der Waals surface area contributed by atoms with Crippen LogP contribution in [0.4, 0.5) is 5.13 Å². The van der Waals surface area contributed by atoms with Gasteiger partial charge in [0.1, 0.15) is 5.60 Å². The molecule has 1 unspecified atom stereocenters. The Balaban J connectivity index is 1.67. The Hall–Kier alpha value is -1.14. The predicted molar refractivity (Wildman–Crippen MR) is 71.4 cm³/mol. The van der Waals surface area contributed by atoms with E-state index in [1.165, 1.54) is 11.3 Å². The summed E-state index contributed by atoms with van der Waals surface area (Å²) < 4.78 is 5.48. The van der Waals surface area contributed by atoms with Crippen molar-refractivity contribution in [1.82, 2.24) is 10.3 Å². The summed E-state index contributed by atoms with van der Waals surface area (Å²) in [5.41, 5.74) is 5.93. The van der Waals surface area contributed by atoms with E-state index in [1.807, 2.05) is 12.3 Å². The van der Waals surface area contributed by atoms with Gasteiger partial charge in [-0.15, -0.1) is 11.3 Å². The molecule has 0 aliphatic carbocycles. The molecule has 0 saturated carbocycles. The molecule has 0 spiro atoms. The number of hydrogen-bond acceptors (Lipinski definition) is 5. The summed E-state index contributed by atoms with van der Waals surface area (Å²) in [5, 5.41) is 5.48. The summed E-state index contributed by atoms with van der Waals surface area (Å²) in [6.07, 6.45) is 3.47. The molecule has 1 saturated heterocycles. The number of carbonyl (C=O) groups is 1. The fraction of sp³-hybridized carbons (Fsp3) is 0.667. The van der Waals surface area contributed by atoms with Gasteiger partial charge in [-0.2, -0.15) is 0 Å². The molecular formula is C12H19N3O2S. The number of hydrogen-bond donors (Lipinski definition) is 2. The molecule has 1 fully saturated rings. The average molecular weight is 269 g/mol. The Morgan fingerprint density at radius 3 is 3.17 bits per heavy atom. The minimum atomic E-state index is -0.620. The normalized spacial score (nSPS) is 23.2. The van der Waals surface area contributed by atoms with Gasteiger partial charge in [0.05, 0.1) is 5.69 Å². The first-order valence-electron chi connectivity index (χ1n) is 6.22. The van der Waals surface area contributed by atoms with E-state index < -0.39 is 5.60 Å². The van der Waals surface area contributed by atoms with E-state index in [4.69, 9.17) is 10.5 Å². The topological polar surface area (TPSA) is 77.2 Å². The first kappa shape index (κ1) is 13.3. The number of nitrogens with one attached hydrogen (secondary N) is 1. The lowest BCUT2D eigenvalue weighted by Gasteiger charge is -2.21. The number of aromatic nitrogens is 1. The number of amides is 1. The second-order valence-electron chi connectivity index (χ2n) is 4.72. The Morgan fingerprint density at radius 2 is 2.56 bits per heavy atom. The molecule has 1 aliphatic rings. The number of nitrogen functional groups attached to an aromatic ring is 1. The zero-order chi connectivity index (χ0) is 13.0. The monoisotopic (exact) mass is 269 g/mol. The molecule has 1 amide bonds. The summed E-state index contributed by atoms with van der Waals surface area (Å²) >= 11 is 1.45. The number of rotatable bonds is 5. The number of thiazole rings is 1. The SMILES string of the molecule is CC1(C(=O)NCCCc2csc(N)n2)CCCO1. The van der Waals surface area contributed by atoms with Gasteiger partial charge in [-0.3, -0.25) is 4.79 Å². The van der Waals surface area contributed by atoms with Gasteiger partial charge < -0.3 is 15.8 Å². The van der Waals surface area contributed by atoms with E-state index in [0.29, 0.717) is 18.3 Å². The summed E-state index contributed by atoms with van der Waals surface area (Å²) in [6.45, 7) is 3.19. The zero-order valence-corrected chi connectivity index (χ0v) is 11.4. The lowest BCUT2D eigenvalue weighted by Crippen LogP contribution is -2.44. The van der Waals surface area contributed by atoms with Crippen molar-refractivity contribution in [1.29, 1.82) is 0 Å². The Bertz CT molecular complexity index is 413. The molecule has 2 rings (SSSR count). The zero-order valence-electron chi connectivity index (χ0n) is 10.6. The number of nitrogens with two attached hydrogens (primary N) is 1. The second-order valence-corrected chi connectivity index (χ2v) is 5.61. The highest BCUT2D eigenvalue weighted by atomic mass is 32.1. The van der Waals surface area contributed by atoms with Crippen LogP contribution in [0.25, 0.3) is 0 Å². The Kier molecular flexibility index (Phi) is 4.19. The summed E-state index contributed by atoms with van der Waals surface area (Å²) in [6, 6.07) is 0. The van der Waals surface area contributed by atoms with E-state index in [-0.39, 0.29) is 5.91 Å². The van der Waals surface area contributed by atoms with Crippen molar-refractivity contribution in [2.24, 2.45) is 0 Å². The van der Waals surface area contributed by atoms with Crippen LogP contribution in [-0.2, 0) is 16.0 Å². The van der Waals surface area contributed by atoms with E-state index in [9.17, 15) is 4.79 Å². The summed E-state index contributed by atoms with van der Waals surface area (Å²) in [5.74, 6) is -0.00204. The summed E-state index contributed by atoms with van der Waals surface area (Å²) in [7, 11) is 0. The van der Waals surface area contributed by atoms with E-state index >= 15 is 0 Å². The van der Waals surface area contributed by atoms with Gasteiger partial charge in [0.15, 0.2) is 5.13 Å². The third-order valence-electron chi connectivity index (χ3n) is 3.16. The number of aryl methyl sites for hydroxylation is 1. The van der Waals surface area contributed by atoms with Gasteiger partial charge in [0.2, 0.25) is 0 Å². The fourth-order valence-corrected chi connectivity index (χ4v) is 2.65. The first-order valence-corrected chi connectivity index (χ1v) is 7.10. The lowest BCUT2D eigenvalue weighted by molar-refractivity contribution is -0.139. The fourth-order valence-electron chi connectivity index (χ4n) is 2.05. The smallest absolute Gasteiger partial charge is 0.251 e. The Morgan fingerprint density at radius 1 is 1.72 bits per heavy atom. The molecule has 5 nitrogen and oxygen atoms in total. The molecule has 0 bridgehead atoms. The molecule has 18 heavy (non-hydrogen) atoms. The number of anilines is 1. The van der Waals surface area contributed by atoms with Crippen molar-refractivity contribution in [2.45, 2.75) is 38.2 Å². The maximum atomic E-state index is 11.9. The molecule has 0 radical (unpaired) electrons. The van der Waals surface area contributed by atoms with E-state index in [2.05, 4.69) is 10.3 Å². The number of carbonyl (C=O) groups excluding carboxylic acids is 1. The molecular weight excluding hydrogens is 250 g/mol. The van der Waals surface area contributed by atoms with E-state index in [1.54, 1.807) is 0 Å². The quantitative estimate of drug-likeness (QED) is 0.791. The highest BCUT2D eigenvalue weighted by Gasteiger charge is 2.37. The molecule has 3 N–H and O–H groups in total. The highest BCUT2D eigenvalue weighted by Crippen LogP contribution is 2.24. The number of nitrogens with zero attached hydrogens (tertiary/aromatic N) is 1. The van der Waals surface area contributed by atoms with Crippen LogP contribution in [0.2, 0.25) is 0 Å². The second kappa shape index (κ2) is 5.67. The van der Waals surface area contributed by atoms with Crippen molar-refractivity contribution in [3.63, 3.8) is 0 Å². The van der Waals surface area contributed by atoms with Crippen LogP contribution in [0.3, 0.4) is 0 Å². The van der Waals surface area contributed by atoms with Gasteiger partial charge in [0, 0.05) is 18.5 Å². The van der Waals surface area contributed by atoms with Crippen molar-refractivity contribution < 1.29 is 9.53 Å². The van der Waals surface area contributed by atoms with Crippen molar-refractivity contribution >= 4 is 22.4 Å². The highest BCUT2D eigenvalue weighted by molar-refractivity contribution is 7.13. The molecule has 1 aromatic rings. The van der Waals surface area contributed by atoms with Crippen LogP contribution >= 0.6 is 11.3 Å². The standard InChI is InChI=1S/C12H19N3O2S/c1-12(5-3-7-17-12)10(16)14-6-2-4-9-8-18-11(13)15-9/h8H,2-7H2,1H3,(H2,13,15)(H,14,16). The van der Waals surface area contributed by atoms with Crippen LogP contribution in [-0.4, -0.2) is 29.6 Å². The largest absolute Gasteiger partial charge is 0.375 e. The van der Waals surface area contributed by atoms with Gasteiger partial charge in [-0.05, 0) is 32.6 Å². The van der Waals surface area contributed by atoms with Crippen molar-refractivity contribution in [2.75, 3.05) is 18.9 Å². The molecule has 2 heterocycles. The maximum Gasteiger partial charge on any atom is 0.251 e. The van der Waals surface area contributed by atoms with Gasteiger partial charge in [-0.25, -0.2) is 4.98 Å². The van der Waals surface area contributed by atoms with Crippen LogP contribution in [0.15, 0.2) is 5.38 Å². The van der Waals surface area contributed by atoms with Gasteiger partial charge in [-0.1, -0.05) is 0 Å². The molecule has 0 aromatic carbocycles. The molecule has 6 heteroatoms. The Labute approximate surface area is 111 Å². The third-order valence-corrected chi connectivity index (χ3v) is 3.89. The molecule has 1 aliphatic heterocycles. The predicted octanol–water partition coefficient (Wildman–Crippen LogP) is 1.34. The van der Waals surface area contributed by atoms with E-state index in [0.717, 1.165) is 31.4 Å². The first-order chi connectivity index (χ1) is 8.60. The van der Waals surface area contributed by atoms with Gasteiger partial charge >= 0.3 is 0 Å². The molecule has 1 aromatic heterocycles. The molecule has 100 valence electrons.